The lowest BCUT2D eigenvalue weighted by molar-refractivity contribution is 0.0951. The Morgan fingerprint density at radius 3 is 2.00 bits per heavy atom. The van der Waals surface area contributed by atoms with Crippen LogP contribution in [0.1, 0.15) is 11.1 Å². The third-order valence-electron chi connectivity index (χ3n) is 1.38. The predicted molar refractivity (Wildman–Crippen MR) is 40.9 cm³/mol. The van der Waals surface area contributed by atoms with Crippen LogP contribution in [0.25, 0.3) is 0 Å². The van der Waals surface area contributed by atoms with Crippen LogP contribution in [0, 0.1) is 6.92 Å². The molecule has 0 aliphatic rings. The Morgan fingerprint density at radius 2 is 1.64 bits per heavy atom. The monoisotopic (exact) mass is 176 g/mol. The van der Waals surface area contributed by atoms with Crippen LogP contribution in [-0.2, 0) is 5.38 Å². The van der Waals surface area contributed by atoms with E-state index in [9.17, 15) is 8.78 Å². The summed E-state index contributed by atoms with van der Waals surface area (Å²) in [6.07, 6.45) is 0. The molecule has 0 radical (unpaired) electrons. The van der Waals surface area contributed by atoms with Gasteiger partial charge in [-0.05, 0) is 18.5 Å². The lowest BCUT2D eigenvalue weighted by Gasteiger charge is -2.06. The van der Waals surface area contributed by atoms with Gasteiger partial charge in [0.1, 0.15) is 0 Å². The van der Waals surface area contributed by atoms with Crippen LogP contribution in [0.2, 0.25) is 0 Å². The van der Waals surface area contributed by atoms with Crippen LogP contribution >= 0.6 is 11.6 Å². The third kappa shape index (κ3) is 2.15. The van der Waals surface area contributed by atoms with E-state index in [1.54, 1.807) is 12.1 Å². The van der Waals surface area contributed by atoms with E-state index in [0.29, 0.717) is 0 Å². The summed E-state index contributed by atoms with van der Waals surface area (Å²) in [5, 5.41) is -3.24. The zero-order valence-corrected chi connectivity index (χ0v) is 6.70. The van der Waals surface area contributed by atoms with E-state index in [4.69, 9.17) is 11.6 Å². The number of halogens is 3. The van der Waals surface area contributed by atoms with E-state index in [0.717, 1.165) is 5.56 Å². The smallest absolute Gasteiger partial charge is 0.183 e. The normalized spacial score (nSPS) is 11.6. The van der Waals surface area contributed by atoms with E-state index in [1.807, 2.05) is 6.92 Å². The summed E-state index contributed by atoms with van der Waals surface area (Å²) in [6, 6.07) is 5.85. The van der Waals surface area contributed by atoms with Gasteiger partial charge in [0.15, 0.2) is 0 Å². The van der Waals surface area contributed by atoms with Crippen molar-refractivity contribution < 1.29 is 8.78 Å². The Balaban J connectivity index is 2.99. The van der Waals surface area contributed by atoms with Crippen molar-refractivity contribution in [1.29, 1.82) is 0 Å². The number of alkyl halides is 3. The molecule has 0 nitrogen and oxygen atoms in total. The molecule has 11 heavy (non-hydrogen) atoms. The zero-order valence-electron chi connectivity index (χ0n) is 5.94. The number of benzene rings is 1. The highest BCUT2D eigenvalue weighted by Gasteiger charge is 2.26. The van der Waals surface area contributed by atoms with Crippen molar-refractivity contribution in [1.82, 2.24) is 0 Å². The fourth-order valence-electron chi connectivity index (χ4n) is 0.743. The van der Waals surface area contributed by atoms with Crippen LogP contribution in [0.15, 0.2) is 24.3 Å². The first-order valence-corrected chi connectivity index (χ1v) is 3.52. The van der Waals surface area contributed by atoms with Crippen molar-refractivity contribution >= 4 is 11.6 Å². The summed E-state index contributed by atoms with van der Waals surface area (Å²) in [7, 11) is 0. The molecule has 0 heterocycles. The minimum absolute atomic E-state index is 0.162. The van der Waals surface area contributed by atoms with Crippen LogP contribution in [-0.4, -0.2) is 0 Å². The Bertz CT molecular complexity index is 235. The van der Waals surface area contributed by atoms with Gasteiger partial charge in [-0.25, -0.2) is 0 Å². The van der Waals surface area contributed by atoms with Crippen LogP contribution in [0.3, 0.4) is 0 Å². The highest BCUT2D eigenvalue weighted by Crippen LogP contribution is 2.31. The first kappa shape index (κ1) is 8.47. The van der Waals surface area contributed by atoms with E-state index < -0.39 is 5.38 Å². The number of rotatable bonds is 1. The highest BCUT2D eigenvalue weighted by atomic mass is 35.5. The summed E-state index contributed by atoms with van der Waals surface area (Å²) < 4.78 is 24.7. The van der Waals surface area contributed by atoms with Crippen LogP contribution in [0.5, 0.6) is 0 Å². The Kier molecular flexibility index (Phi) is 2.14. The lowest BCUT2D eigenvalue weighted by Crippen LogP contribution is -2.02. The molecule has 0 spiro atoms. The minimum Gasteiger partial charge on any atom is -0.183 e. The van der Waals surface area contributed by atoms with Crippen molar-refractivity contribution in [3.05, 3.63) is 35.4 Å². The third-order valence-corrected chi connectivity index (χ3v) is 1.60. The molecular formula is C8H7ClF2. The van der Waals surface area contributed by atoms with Gasteiger partial charge in [-0.3, -0.25) is 0 Å². The zero-order chi connectivity index (χ0) is 8.48. The Morgan fingerprint density at radius 1 is 1.18 bits per heavy atom. The van der Waals surface area contributed by atoms with Crippen LogP contribution in [0.4, 0.5) is 8.78 Å². The van der Waals surface area contributed by atoms with Gasteiger partial charge in [-0.2, -0.15) is 8.78 Å². The molecule has 60 valence electrons. The molecule has 0 N–H and O–H groups in total. The standard InChI is InChI=1S/C8H7ClF2/c1-6-2-4-7(5-3-6)8(9,10)11/h2-5H,1H3. The summed E-state index contributed by atoms with van der Waals surface area (Å²) in [4.78, 5) is 0. The van der Waals surface area contributed by atoms with Gasteiger partial charge in [-0.15, -0.1) is 0 Å². The SMILES string of the molecule is Cc1ccc(C(F)(F)Cl)cc1. The lowest BCUT2D eigenvalue weighted by atomic mass is 10.2. The summed E-state index contributed by atoms with van der Waals surface area (Å²) in [6.45, 7) is 1.83. The van der Waals surface area contributed by atoms with E-state index in [-0.39, 0.29) is 5.56 Å². The van der Waals surface area contributed by atoms with E-state index in [2.05, 4.69) is 0 Å². The largest absolute Gasteiger partial charge is 0.348 e. The summed E-state index contributed by atoms with van der Waals surface area (Å²) >= 11 is 4.78. The van der Waals surface area contributed by atoms with E-state index in [1.165, 1.54) is 12.1 Å². The number of aryl methyl sites for hydroxylation is 1. The number of hydrogen-bond acceptors (Lipinski definition) is 0. The highest BCUT2D eigenvalue weighted by molar-refractivity contribution is 6.21. The second kappa shape index (κ2) is 2.78. The molecule has 0 atom stereocenters. The van der Waals surface area contributed by atoms with E-state index >= 15 is 0 Å². The molecule has 0 saturated carbocycles. The van der Waals surface area contributed by atoms with Gasteiger partial charge in [0.2, 0.25) is 0 Å². The molecule has 0 unspecified atom stereocenters. The topological polar surface area (TPSA) is 0 Å². The molecule has 3 heteroatoms. The van der Waals surface area contributed by atoms with Gasteiger partial charge >= 0.3 is 5.38 Å². The first-order valence-electron chi connectivity index (χ1n) is 3.14. The molecule has 0 amide bonds. The second-order valence-corrected chi connectivity index (χ2v) is 2.84. The molecular weight excluding hydrogens is 170 g/mol. The molecule has 1 rings (SSSR count). The van der Waals surface area contributed by atoms with Gasteiger partial charge in [0, 0.05) is 5.56 Å². The molecule has 0 fully saturated rings. The summed E-state index contributed by atoms with van der Waals surface area (Å²) in [5.41, 5.74) is 0.777. The molecule has 0 aliphatic carbocycles. The Labute approximate surface area is 68.8 Å². The number of hydrogen-bond donors (Lipinski definition) is 0. The molecule has 1 aromatic rings. The van der Waals surface area contributed by atoms with Crippen LogP contribution < -0.4 is 0 Å². The average Bonchev–Trinajstić information content (AvgIpc) is 1.86. The maximum absolute atomic E-state index is 12.4. The maximum Gasteiger partial charge on any atom is 0.348 e. The molecule has 0 aliphatic heterocycles. The predicted octanol–water partition coefficient (Wildman–Crippen LogP) is 3.28. The Hall–Kier alpha value is -0.630. The molecule has 0 bridgehead atoms. The minimum atomic E-state index is -3.24. The fraction of sp³-hybridized carbons (Fsp3) is 0.250. The van der Waals surface area contributed by atoms with Crippen molar-refractivity contribution in [2.75, 3.05) is 0 Å². The second-order valence-electron chi connectivity index (χ2n) is 2.36. The van der Waals surface area contributed by atoms with Gasteiger partial charge in [0.25, 0.3) is 0 Å². The molecule has 0 saturated heterocycles. The van der Waals surface area contributed by atoms with Gasteiger partial charge < -0.3 is 0 Å². The van der Waals surface area contributed by atoms with Crippen molar-refractivity contribution in [3.8, 4) is 0 Å². The van der Waals surface area contributed by atoms with Crippen molar-refractivity contribution in [2.24, 2.45) is 0 Å². The molecule has 0 aromatic heterocycles. The average molecular weight is 177 g/mol. The first-order chi connectivity index (χ1) is 5.00. The van der Waals surface area contributed by atoms with Crippen molar-refractivity contribution in [3.63, 3.8) is 0 Å². The maximum atomic E-state index is 12.4. The quantitative estimate of drug-likeness (QED) is 0.576. The fourth-order valence-corrected chi connectivity index (χ4v) is 0.869. The van der Waals surface area contributed by atoms with Gasteiger partial charge in [0.05, 0.1) is 0 Å². The summed E-state index contributed by atoms with van der Waals surface area (Å²) in [5.74, 6) is 0. The van der Waals surface area contributed by atoms with Gasteiger partial charge in [-0.1, -0.05) is 29.8 Å². The molecule has 1 aromatic carbocycles. The van der Waals surface area contributed by atoms with Crippen molar-refractivity contribution in [2.45, 2.75) is 12.3 Å².